The first-order valence-electron chi connectivity index (χ1n) is 5.55. The van der Waals surface area contributed by atoms with Crippen LogP contribution in [0.4, 0.5) is 0 Å². The standard InChI is InChI=1S/C13H18N2O2/c1-5-6-14-8-13(16)15-10(3)12-7-9(2)17-11(12)4/h1,7,10,14H,6,8H2,2-4H3,(H,15,16). The van der Waals surface area contributed by atoms with Crippen LogP contribution < -0.4 is 10.6 Å². The van der Waals surface area contributed by atoms with E-state index in [4.69, 9.17) is 10.8 Å². The highest BCUT2D eigenvalue weighted by molar-refractivity contribution is 5.78. The second-order valence-electron chi connectivity index (χ2n) is 3.97. The summed E-state index contributed by atoms with van der Waals surface area (Å²) in [5.74, 6) is 4.03. The van der Waals surface area contributed by atoms with Crippen LogP contribution in [0.5, 0.6) is 0 Å². The molecule has 0 bridgehead atoms. The molecule has 0 saturated carbocycles. The van der Waals surface area contributed by atoms with Gasteiger partial charge >= 0.3 is 0 Å². The maximum Gasteiger partial charge on any atom is 0.234 e. The van der Waals surface area contributed by atoms with Crippen molar-refractivity contribution in [1.82, 2.24) is 10.6 Å². The van der Waals surface area contributed by atoms with Gasteiger partial charge in [-0.15, -0.1) is 6.42 Å². The van der Waals surface area contributed by atoms with Crippen LogP contribution in [-0.4, -0.2) is 19.0 Å². The summed E-state index contributed by atoms with van der Waals surface area (Å²) in [5.41, 5.74) is 1.01. The zero-order valence-corrected chi connectivity index (χ0v) is 10.5. The SMILES string of the molecule is C#CCNCC(=O)NC(C)c1cc(C)oc1C. The van der Waals surface area contributed by atoms with Gasteiger partial charge in [0.15, 0.2) is 0 Å². The smallest absolute Gasteiger partial charge is 0.234 e. The number of hydrogen-bond donors (Lipinski definition) is 2. The molecule has 4 heteroatoms. The molecule has 1 amide bonds. The maximum absolute atomic E-state index is 11.5. The van der Waals surface area contributed by atoms with Gasteiger partial charge in [-0.05, 0) is 26.8 Å². The lowest BCUT2D eigenvalue weighted by Gasteiger charge is -2.13. The van der Waals surface area contributed by atoms with Crippen LogP contribution >= 0.6 is 0 Å². The van der Waals surface area contributed by atoms with E-state index >= 15 is 0 Å². The Bertz CT molecular complexity index is 429. The molecular weight excluding hydrogens is 216 g/mol. The number of amides is 1. The molecule has 0 aromatic carbocycles. The number of terminal acetylenes is 1. The fourth-order valence-electron chi connectivity index (χ4n) is 1.70. The monoisotopic (exact) mass is 234 g/mol. The fourth-order valence-corrected chi connectivity index (χ4v) is 1.70. The summed E-state index contributed by atoms with van der Waals surface area (Å²) < 4.78 is 5.42. The van der Waals surface area contributed by atoms with Gasteiger partial charge in [-0.2, -0.15) is 0 Å². The molecule has 0 saturated heterocycles. The Hall–Kier alpha value is -1.73. The number of rotatable bonds is 5. The van der Waals surface area contributed by atoms with Crippen molar-refractivity contribution in [1.29, 1.82) is 0 Å². The van der Waals surface area contributed by atoms with Gasteiger partial charge in [0.25, 0.3) is 0 Å². The zero-order valence-electron chi connectivity index (χ0n) is 10.5. The Balaban J connectivity index is 2.49. The third-order valence-corrected chi connectivity index (χ3v) is 2.44. The second kappa shape index (κ2) is 6.12. The predicted molar refractivity (Wildman–Crippen MR) is 66.4 cm³/mol. The number of carbonyl (C=O) groups excluding carboxylic acids is 1. The molecule has 1 atom stereocenters. The summed E-state index contributed by atoms with van der Waals surface area (Å²) in [6, 6.07) is 1.88. The minimum Gasteiger partial charge on any atom is -0.466 e. The summed E-state index contributed by atoms with van der Waals surface area (Å²) in [6.07, 6.45) is 5.07. The maximum atomic E-state index is 11.5. The molecule has 17 heavy (non-hydrogen) atoms. The van der Waals surface area contributed by atoms with E-state index in [1.807, 2.05) is 26.8 Å². The Morgan fingerprint density at radius 3 is 2.82 bits per heavy atom. The average molecular weight is 234 g/mol. The van der Waals surface area contributed by atoms with Gasteiger partial charge in [0, 0.05) is 5.56 Å². The van der Waals surface area contributed by atoms with Crippen LogP contribution in [0, 0.1) is 26.2 Å². The molecule has 0 radical (unpaired) electrons. The average Bonchev–Trinajstić information content (AvgIpc) is 2.58. The van der Waals surface area contributed by atoms with Crippen molar-refractivity contribution >= 4 is 5.91 Å². The van der Waals surface area contributed by atoms with Crippen molar-refractivity contribution in [2.24, 2.45) is 0 Å². The van der Waals surface area contributed by atoms with Crippen LogP contribution in [0.3, 0.4) is 0 Å². The number of hydrogen-bond acceptors (Lipinski definition) is 3. The van der Waals surface area contributed by atoms with E-state index in [9.17, 15) is 4.79 Å². The van der Waals surface area contributed by atoms with E-state index in [0.29, 0.717) is 6.54 Å². The van der Waals surface area contributed by atoms with Gasteiger partial charge in [-0.3, -0.25) is 10.1 Å². The van der Waals surface area contributed by atoms with Gasteiger partial charge in [0.2, 0.25) is 5.91 Å². The van der Waals surface area contributed by atoms with Crippen molar-refractivity contribution in [2.45, 2.75) is 26.8 Å². The molecule has 0 aliphatic rings. The Labute approximate surface area is 102 Å². The van der Waals surface area contributed by atoms with Gasteiger partial charge in [0.1, 0.15) is 11.5 Å². The largest absolute Gasteiger partial charge is 0.466 e. The lowest BCUT2D eigenvalue weighted by atomic mass is 10.1. The van der Waals surface area contributed by atoms with E-state index < -0.39 is 0 Å². The van der Waals surface area contributed by atoms with E-state index in [1.54, 1.807) is 0 Å². The fraction of sp³-hybridized carbons (Fsp3) is 0.462. The molecule has 0 fully saturated rings. The first-order valence-corrected chi connectivity index (χ1v) is 5.55. The van der Waals surface area contributed by atoms with Gasteiger partial charge < -0.3 is 9.73 Å². The minimum absolute atomic E-state index is 0.0624. The van der Waals surface area contributed by atoms with E-state index in [-0.39, 0.29) is 18.5 Å². The molecule has 0 aliphatic carbocycles. The van der Waals surface area contributed by atoms with Gasteiger partial charge in [0.05, 0.1) is 19.1 Å². The zero-order chi connectivity index (χ0) is 12.8. The Kier molecular flexibility index (Phi) is 4.80. The third kappa shape index (κ3) is 3.97. The molecule has 1 unspecified atom stereocenters. The van der Waals surface area contributed by atoms with Crippen molar-refractivity contribution < 1.29 is 9.21 Å². The molecule has 1 aromatic heterocycles. The number of nitrogens with one attached hydrogen (secondary N) is 2. The molecule has 1 rings (SSSR count). The van der Waals surface area contributed by atoms with Crippen LogP contribution in [0.25, 0.3) is 0 Å². The quantitative estimate of drug-likeness (QED) is 0.596. The molecule has 92 valence electrons. The van der Waals surface area contributed by atoms with Crippen molar-refractivity contribution in [2.75, 3.05) is 13.1 Å². The lowest BCUT2D eigenvalue weighted by molar-refractivity contribution is -0.120. The normalized spacial score (nSPS) is 11.9. The van der Waals surface area contributed by atoms with Gasteiger partial charge in [-0.25, -0.2) is 0 Å². The van der Waals surface area contributed by atoms with E-state index in [2.05, 4.69) is 16.6 Å². The molecule has 0 aliphatic heterocycles. The van der Waals surface area contributed by atoms with Crippen LogP contribution in [0.1, 0.15) is 30.0 Å². The molecule has 0 spiro atoms. The predicted octanol–water partition coefficient (Wildman–Crippen LogP) is 1.30. The van der Waals surface area contributed by atoms with E-state index in [1.165, 1.54) is 0 Å². The number of carbonyl (C=O) groups is 1. The van der Waals surface area contributed by atoms with Gasteiger partial charge in [-0.1, -0.05) is 5.92 Å². The summed E-state index contributed by atoms with van der Waals surface area (Å²) in [4.78, 5) is 11.5. The van der Waals surface area contributed by atoms with Crippen LogP contribution in [-0.2, 0) is 4.79 Å². The highest BCUT2D eigenvalue weighted by Crippen LogP contribution is 2.20. The van der Waals surface area contributed by atoms with Crippen LogP contribution in [0.15, 0.2) is 10.5 Å². The first-order chi connectivity index (χ1) is 8.04. The van der Waals surface area contributed by atoms with Crippen molar-refractivity contribution in [3.05, 3.63) is 23.2 Å². The highest BCUT2D eigenvalue weighted by atomic mass is 16.3. The topological polar surface area (TPSA) is 54.3 Å². The minimum atomic E-state index is -0.0778. The summed E-state index contributed by atoms with van der Waals surface area (Å²) in [5, 5.41) is 5.72. The first kappa shape index (κ1) is 13.3. The Morgan fingerprint density at radius 2 is 2.29 bits per heavy atom. The second-order valence-corrected chi connectivity index (χ2v) is 3.97. The molecule has 2 N–H and O–H groups in total. The highest BCUT2D eigenvalue weighted by Gasteiger charge is 2.14. The summed E-state index contributed by atoms with van der Waals surface area (Å²) in [6.45, 7) is 6.33. The number of furan rings is 1. The Morgan fingerprint density at radius 1 is 1.59 bits per heavy atom. The molecule has 1 aromatic rings. The molecular formula is C13H18N2O2. The third-order valence-electron chi connectivity index (χ3n) is 2.44. The van der Waals surface area contributed by atoms with Crippen molar-refractivity contribution in [3.8, 4) is 12.3 Å². The van der Waals surface area contributed by atoms with Crippen molar-refractivity contribution in [3.63, 3.8) is 0 Å². The lowest BCUT2D eigenvalue weighted by Crippen LogP contribution is -2.35. The molecule has 1 heterocycles. The number of aryl methyl sites for hydroxylation is 2. The van der Waals surface area contributed by atoms with Crippen LogP contribution in [0.2, 0.25) is 0 Å². The molecule has 4 nitrogen and oxygen atoms in total. The van der Waals surface area contributed by atoms with E-state index in [0.717, 1.165) is 17.1 Å². The summed E-state index contributed by atoms with van der Waals surface area (Å²) >= 11 is 0. The summed E-state index contributed by atoms with van der Waals surface area (Å²) in [7, 11) is 0.